The van der Waals surface area contributed by atoms with Gasteiger partial charge in [-0.05, 0) is 34.6 Å². The molecule has 0 aliphatic rings. The van der Waals surface area contributed by atoms with E-state index < -0.39 is 0 Å². The van der Waals surface area contributed by atoms with Gasteiger partial charge in [0.25, 0.3) is 0 Å². The smallest absolute Gasteiger partial charge is 0.244 e. The van der Waals surface area contributed by atoms with E-state index >= 15 is 0 Å². The van der Waals surface area contributed by atoms with Crippen LogP contribution in [0.1, 0.15) is 34.6 Å². The number of nitrogens with zero attached hydrogens (tertiary/aromatic N) is 3. The molecule has 15 heavy (non-hydrogen) atoms. The largest absolute Gasteiger partial charge is 0.364 e. The molecule has 5 heteroatoms. The van der Waals surface area contributed by atoms with Gasteiger partial charge in [0.15, 0.2) is 5.82 Å². The summed E-state index contributed by atoms with van der Waals surface area (Å²) in [5, 5.41) is 14.1. The van der Waals surface area contributed by atoms with E-state index in [1.165, 1.54) is 0 Å². The molecule has 0 fully saturated rings. The first-order valence-electron chi connectivity index (χ1n) is 5.11. The maximum Gasteiger partial charge on any atom is 0.244 e. The molecule has 84 valence electrons. The van der Waals surface area contributed by atoms with Gasteiger partial charge in [0.1, 0.15) is 0 Å². The molecule has 0 aliphatic carbocycles. The van der Waals surface area contributed by atoms with Gasteiger partial charge in [-0.2, -0.15) is 10.1 Å². The quantitative estimate of drug-likeness (QED) is 0.796. The van der Waals surface area contributed by atoms with E-state index in [9.17, 15) is 0 Å². The predicted octanol–water partition coefficient (Wildman–Crippen LogP) is 1.90. The van der Waals surface area contributed by atoms with Crippen molar-refractivity contribution in [3.05, 3.63) is 6.20 Å². The number of anilines is 2. The van der Waals surface area contributed by atoms with E-state index in [4.69, 9.17) is 0 Å². The van der Waals surface area contributed by atoms with Crippen molar-refractivity contribution < 1.29 is 0 Å². The predicted molar refractivity (Wildman–Crippen MR) is 62.0 cm³/mol. The van der Waals surface area contributed by atoms with E-state index in [1.54, 1.807) is 6.20 Å². The third-order valence-corrected chi connectivity index (χ3v) is 1.48. The summed E-state index contributed by atoms with van der Waals surface area (Å²) < 4.78 is 0. The fourth-order valence-electron chi connectivity index (χ4n) is 1.07. The fourth-order valence-corrected chi connectivity index (χ4v) is 1.07. The van der Waals surface area contributed by atoms with Crippen LogP contribution in [0.4, 0.5) is 11.8 Å². The first-order valence-corrected chi connectivity index (χ1v) is 5.11. The SMILES string of the molecule is CC(C)Nc1nncc(NC(C)(C)C)n1. The van der Waals surface area contributed by atoms with Crippen molar-refractivity contribution in [3.63, 3.8) is 0 Å². The van der Waals surface area contributed by atoms with Gasteiger partial charge in [0, 0.05) is 11.6 Å². The normalized spacial score (nSPS) is 11.6. The third-order valence-electron chi connectivity index (χ3n) is 1.48. The van der Waals surface area contributed by atoms with Crippen LogP contribution in [0.2, 0.25) is 0 Å². The van der Waals surface area contributed by atoms with Gasteiger partial charge in [0.2, 0.25) is 5.95 Å². The van der Waals surface area contributed by atoms with Crippen LogP contribution in [0.15, 0.2) is 6.20 Å². The van der Waals surface area contributed by atoms with Gasteiger partial charge in [-0.1, -0.05) is 0 Å². The van der Waals surface area contributed by atoms with Gasteiger partial charge >= 0.3 is 0 Å². The van der Waals surface area contributed by atoms with Crippen molar-refractivity contribution in [2.45, 2.75) is 46.2 Å². The molecule has 0 unspecified atom stereocenters. The van der Waals surface area contributed by atoms with Gasteiger partial charge in [0.05, 0.1) is 6.20 Å². The second-order valence-corrected chi connectivity index (χ2v) is 4.84. The Morgan fingerprint density at radius 1 is 1.27 bits per heavy atom. The summed E-state index contributed by atoms with van der Waals surface area (Å²) in [5.41, 5.74) is -0.0227. The van der Waals surface area contributed by atoms with Gasteiger partial charge < -0.3 is 10.6 Å². The number of nitrogens with one attached hydrogen (secondary N) is 2. The summed E-state index contributed by atoms with van der Waals surface area (Å²) >= 11 is 0. The Hall–Kier alpha value is -1.39. The summed E-state index contributed by atoms with van der Waals surface area (Å²) in [6.07, 6.45) is 1.62. The van der Waals surface area contributed by atoms with Gasteiger partial charge in [-0.3, -0.25) is 0 Å². The third kappa shape index (κ3) is 4.58. The molecule has 0 radical (unpaired) electrons. The Bertz CT molecular complexity index is 316. The van der Waals surface area contributed by atoms with Crippen molar-refractivity contribution in [2.75, 3.05) is 10.6 Å². The van der Waals surface area contributed by atoms with E-state index in [0.29, 0.717) is 12.0 Å². The molecule has 1 aromatic rings. The summed E-state index contributed by atoms with van der Waals surface area (Å²) in [4.78, 5) is 4.30. The second-order valence-electron chi connectivity index (χ2n) is 4.84. The van der Waals surface area contributed by atoms with Crippen LogP contribution in [-0.4, -0.2) is 26.8 Å². The number of aromatic nitrogens is 3. The van der Waals surface area contributed by atoms with Gasteiger partial charge in [-0.25, -0.2) is 0 Å². The van der Waals surface area contributed by atoms with Crippen LogP contribution in [0, 0.1) is 0 Å². The summed E-state index contributed by atoms with van der Waals surface area (Å²) in [5.74, 6) is 1.29. The first kappa shape index (κ1) is 11.7. The van der Waals surface area contributed by atoms with Crippen molar-refractivity contribution in [2.24, 2.45) is 0 Å². The number of rotatable bonds is 3. The molecular weight excluding hydrogens is 190 g/mol. The molecule has 2 N–H and O–H groups in total. The lowest BCUT2D eigenvalue weighted by atomic mass is 10.1. The minimum Gasteiger partial charge on any atom is -0.364 e. The first-order chi connectivity index (χ1) is 6.87. The molecule has 0 aliphatic heterocycles. The number of hydrogen-bond acceptors (Lipinski definition) is 5. The average molecular weight is 209 g/mol. The molecule has 1 rings (SSSR count). The average Bonchev–Trinajstić information content (AvgIpc) is 1.99. The Balaban J connectivity index is 2.74. The van der Waals surface area contributed by atoms with Crippen LogP contribution < -0.4 is 10.6 Å². The Kier molecular flexibility index (Phi) is 3.44. The minimum absolute atomic E-state index is 0.0227. The zero-order valence-electron chi connectivity index (χ0n) is 10.00. The molecule has 0 spiro atoms. The Morgan fingerprint density at radius 3 is 2.47 bits per heavy atom. The molecule has 0 bridgehead atoms. The molecule has 0 saturated heterocycles. The Morgan fingerprint density at radius 2 is 1.93 bits per heavy atom. The lowest BCUT2D eigenvalue weighted by molar-refractivity contribution is 0.628. The maximum absolute atomic E-state index is 4.30. The van der Waals surface area contributed by atoms with Crippen molar-refractivity contribution in [1.82, 2.24) is 15.2 Å². The highest BCUT2D eigenvalue weighted by Crippen LogP contribution is 2.11. The molecule has 0 saturated carbocycles. The molecule has 5 nitrogen and oxygen atoms in total. The topological polar surface area (TPSA) is 62.7 Å². The maximum atomic E-state index is 4.30. The van der Waals surface area contributed by atoms with Crippen molar-refractivity contribution in [1.29, 1.82) is 0 Å². The van der Waals surface area contributed by atoms with E-state index in [1.807, 2.05) is 13.8 Å². The van der Waals surface area contributed by atoms with Crippen molar-refractivity contribution in [3.8, 4) is 0 Å². The van der Waals surface area contributed by atoms with E-state index in [0.717, 1.165) is 5.82 Å². The monoisotopic (exact) mass is 209 g/mol. The zero-order valence-corrected chi connectivity index (χ0v) is 10.00. The Labute approximate surface area is 90.7 Å². The van der Waals surface area contributed by atoms with E-state index in [2.05, 4.69) is 46.6 Å². The van der Waals surface area contributed by atoms with Gasteiger partial charge in [-0.15, -0.1) is 5.10 Å². The molecular formula is C10H19N5. The molecule has 1 aromatic heterocycles. The van der Waals surface area contributed by atoms with E-state index in [-0.39, 0.29) is 5.54 Å². The van der Waals surface area contributed by atoms with Crippen LogP contribution in [0.3, 0.4) is 0 Å². The molecule has 0 aromatic carbocycles. The lowest BCUT2D eigenvalue weighted by Gasteiger charge is -2.21. The summed E-state index contributed by atoms with van der Waals surface area (Å²) in [6.45, 7) is 10.3. The lowest BCUT2D eigenvalue weighted by Crippen LogP contribution is -2.27. The van der Waals surface area contributed by atoms with Crippen molar-refractivity contribution >= 4 is 11.8 Å². The van der Waals surface area contributed by atoms with Crippen LogP contribution in [-0.2, 0) is 0 Å². The highest BCUT2D eigenvalue weighted by molar-refractivity contribution is 5.39. The van der Waals surface area contributed by atoms with Crippen LogP contribution in [0.5, 0.6) is 0 Å². The summed E-state index contributed by atoms with van der Waals surface area (Å²) in [6, 6.07) is 0.302. The van der Waals surface area contributed by atoms with Crippen LogP contribution in [0.25, 0.3) is 0 Å². The molecule has 0 atom stereocenters. The second kappa shape index (κ2) is 4.42. The minimum atomic E-state index is -0.0227. The summed E-state index contributed by atoms with van der Waals surface area (Å²) in [7, 11) is 0. The zero-order chi connectivity index (χ0) is 11.5. The number of hydrogen-bond donors (Lipinski definition) is 2. The highest BCUT2D eigenvalue weighted by Gasteiger charge is 2.11. The highest BCUT2D eigenvalue weighted by atomic mass is 15.3. The molecule has 1 heterocycles. The van der Waals surface area contributed by atoms with Crippen LogP contribution >= 0.6 is 0 Å². The standard InChI is InChI=1S/C10H19N5/c1-7(2)12-9-13-8(6-11-15-9)14-10(3,4)5/h6-7H,1-5H3,(H2,12,13,14,15). The molecule has 0 amide bonds. The fraction of sp³-hybridized carbons (Fsp3) is 0.700.